The molecule has 1 atom stereocenters. The third-order valence-electron chi connectivity index (χ3n) is 3.95. The van der Waals surface area contributed by atoms with Crippen LogP contribution >= 0.6 is 0 Å². The summed E-state index contributed by atoms with van der Waals surface area (Å²) < 4.78 is 5.32. The van der Waals surface area contributed by atoms with Gasteiger partial charge < -0.3 is 20.5 Å². The van der Waals surface area contributed by atoms with E-state index in [1.54, 1.807) is 19.4 Å². The van der Waals surface area contributed by atoms with Crippen LogP contribution in [0.2, 0.25) is 0 Å². The van der Waals surface area contributed by atoms with Crippen molar-refractivity contribution in [2.45, 2.75) is 13.0 Å². The molecule has 6 heteroatoms. The van der Waals surface area contributed by atoms with Crippen molar-refractivity contribution in [3.05, 3.63) is 71.9 Å². The lowest BCUT2D eigenvalue weighted by Crippen LogP contribution is -2.13. The van der Waals surface area contributed by atoms with Gasteiger partial charge in [0.25, 0.3) is 0 Å². The number of ether oxygens (including phenoxy) is 1. The number of para-hydroxylation sites is 2. The predicted octanol–water partition coefficient (Wildman–Crippen LogP) is 3.68. The first-order valence-electron chi connectivity index (χ1n) is 8.37. The number of anilines is 3. The van der Waals surface area contributed by atoms with Crippen LogP contribution in [0.25, 0.3) is 0 Å². The summed E-state index contributed by atoms with van der Waals surface area (Å²) in [6, 6.07) is 17.1. The summed E-state index contributed by atoms with van der Waals surface area (Å²) in [5, 5.41) is 16.6. The van der Waals surface area contributed by atoms with Gasteiger partial charge in [0.2, 0.25) is 5.95 Å². The van der Waals surface area contributed by atoms with Crippen LogP contribution in [0.5, 0.6) is 5.75 Å². The zero-order valence-corrected chi connectivity index (χ0v) is 14.8. The van der Waals surface area contributed by atoms with Gasteiger partial charge in [0.15, 0.2) is 0 Å². The molecule has 6 nitrogen and oxygen atoms in total. The van der Waals surface area contributed by atoms with E-state index in [4.69, 9.17) is 4.74 Å². The maximum atomic E-state index is 10.3. The highest BCUT2D eigenvalue weighted by molar-refractivity contribution is 5.62. The maximum Gasteiger partial charge on any atom is 0.229 e. The number of aliphatic hydroxyl groups is 1. The SMILES string of the molecule is COc1ccccc1Nc1nccc(NCC(O)c2ccc(C)cc2)n1. The Labute approximate surface area is 152 Å². The minimum Gasteiger partial charge on any atom is -0.495 e. The Hall–Kier alpha value is -3.12. The molecule has 0 amide bonds. The Bertz CT molecular complexity index is 852. The molecule has 0 aliphatic rings. The molecule has 3 aromatic rings. The van der Waals surface area contributed by atoms with Crippen LogP contribution in [0.3, 0.4) is 0 Å². The number of nitrogens with one attached hydrogen (secondary N) is 2. The van der Waals surface area contributed by atoms with Gasteiger partial charge in [0.1, 0.15) is 11.6 Å². The van der Waals surface area contributed by atoms with Crippen molar-refractivity contribution in [2.75, 3.05) is 24.3 Å². The van der Waals surface area contributed by atoms with Crippen LogP contribution in [0.4, 0.5) is 17.5 Å². The highest BCUT2D eigenvalue weighted by Gasteiger charge is 2.08. The van der Waals surface area contributed by atoms with Crippen LogP contribution in [-0.2, 0) is 0 Å². The summed E-state index contributed by atoms with van der Waals surface area (Å²) in [6.45, 7) is 2.37. The van der Waals surface area contributed by atoms with Crippen molar-refractivity contribution in [1.82, 2.24) is 9.97 Å². The van der Waals surface area contributed by atoms with Crippen LogP contribution in [-0.4, -0.2) is 28.7 Å². The molecule has 0 saturated heterocycles. The minimum absolute atomic E-state index is 0.355. The maximum absolute atomic E-state index is 10.3. The largest absolute Gasteiger partial charge is 0.495 e. The van der Waals surface area contributed by atoms with E-state index >= 15 is 0 Å². The molecule has 1 unspecified atom stereocenters. The van der Waals surface area contributed by atoms with Crippen molar-refractivity contribution < 1.29 is 9.84 Å². The van der Waals surface area contributed by atoms with E-state index in [1.165, 1.54) is 0 Å². The number of hydrogen-bond donors (Lipinski definition) is 3. The second kappa shape index (κ2) is 8.31. The first kappa shape index (κ1) is 17.7. The molecular weight excluding hydrogens is 328 g/mol. The Morgan fingerprint density at radius 1 is 1.08 bits per heavy atom. The molecule has 0 aliphatic heterocycles. The van der Waals surface area contributed by atoms with E-state index in [1.807, 2.05) is 55.5 Å². The summed E-state index contributed by atoms with van der Waals surface area (Å²) in [5.74, 6) is 1.79. The van der Waals surface area contributed by atoms with Gasteiger partial charge >= 0.3 is 0 Å². The third kappa shape index (κ3) is 4.49. The lowest BCUT2D eigenvalue weighted by atomic mass is 10.1. The average molecular weight is 350 g/mol. The van der Waals surface area contributed by atoms with Crippen molar-refractivity contribution in [1.29, 1.82) is 0 Å². The summed E-state index contributed by atoms with van der Waals surface area (Å²) in [6.07, 6.45) is 1.04. The van der Waals surface area contributed by atoms with Gasteiger partial charge in [0.05, 0.1) is 18.9 Å². The Kier molecular flexibility index (Phi) is 5.66. The molecule has 0 spiro atoms. The summed E-state index contributed by atoms with van der Waals surface area (Å²) in [7, 11) is 1.62. The first-order valence-corrected chi connectivity index (χ1v) is 8.37. The fourth-order valence-corrected chi connectivity index (χ4v) is 2.49. The number of rotatable bonds is 7. The van der Waals surface area contributed by atoms with E-state index in [9.17, 15) is 5.11 Å². The van der Waals surface area contributed by atoms with Crippen molar-refractivity contribution in [3.8, 4) is 5.75 Å². The number of nitrogens with zero attached hydrogens (tertiary/aromatic N) is 2. The van der Waals surface area contributed by atoms with E-state index in [2.05, 4.69) is 20.6 Å². The molecule has 0 bridgehead atoms. The third-order valence-corrected chi connectivity index (χ3v) is 3.95. The average Bonchev–Trinajstić information content (AvgIpc) is 2.67. The zero-order valence-electron chi connectivity index (χ0n) is 14.8. The topological polar surface area (TPSA) is 79.3 Å². The monoisotopic (exact) mass is 350 g/mol. The number of hydrogen-bond acceptors (Lipinski definition) is 6. The quantitative estimate of drug-likeness (QED) is 0.603. The standard InChI is InChI=1S/C20H22N4O2/c1-14-7-9-15(10-8-14)17(25)13-22-19-11-12-21-20(24-19)23-16-5-3-4-6-18(16)26-2/h3-12,17,25H,13H2,1-2H3,(H2,21,22,23,24). The number of aryl methyl sites for hydroxylation is 1. The van der Waals surface area contributed by atoms with Gasteiger partial charge in [-0.15, -0.1) is 0 Å². The molecule has 134 valence electrons. The number of aliphatic hydroxyl groups excluding tert-OH is 1. The summed E-state index contributed by atoms with van der Waals surface area (Å²) in [4.78, 5) is 8.65. The summed E-state index contributed by atoms with van der Waals surface area (Å²) >= 11 is 0. The van der Waals surface area contributed by atoms with Crippen molar-refractivity contribution in [2.24, 2.45) is 0 Å². The van der Waals surface area contributed by atoms with Gasteiger partial charge in [-0.25, -0.2) is 4.98 Å². The molecule has 2 aromatic carbocycles. The molecular formula is C20H22N4O2. The van der Waals surface area contributed by atoms with Crippen LogP contribution in [0.1, 0.15) is 17.2 Å². The Balaban J connectivity index is 1.64. The van der Waals surface area contributed by atoms with E-state index in [-0.39, 0.29) is 0 Å². The highest BCUT2D eigenvalue weighted by atomic mass is 16.5. The Morgan fingerprint density at radius 3 is 2.62 bits per heavy atom. The van der Waals surface area contributed by atoms with E-state index in [0.29, 0.717) is 24.1 Å². The van der Waals surface area contributed by atoms with Gasteiger partial charge in [-0.05, 0) is 30.7 Å². The predicted molar refractivity (Wildman–Crippen MR) is 103 cm³/mol. The van der Waals surface area contributed by atoms with E-state index in [0.717, 1.165) is 16.8 Å². The van der Waals surface area contributed by atoms with E-state index < -0.39 is 6.10 Å². The van der Waals surface area contributed by atoms with Crippen molar-refractivity contribution >= 4 is 17.5 Å². The second-order valence-corrected chi connectivity index (χ2v) is 5.90. The van der Waals surface area contributed by atoms with Gasteiger partial charge in [0, 0.05) is 12.7 Å². The molecule has 0 aliphatic carbocycles. The lowest BCUT2D eigenvalue weighted by Gasteiger charge is -2.14. The van der Waals surface area contributed by atoms with Gasteiger partial charge in [-0.2, -0.15) is 4.98 Å². The van der Waals surface area contributed by atoms with Crippen LogP contribution in [0.15, 0.2) is 60.8 Å². The second-order valence-electron chi connectivity index (χ2n) is 5.90. The molecule has 0 fully saturated rings. The molecule has 1 aromatic heterocycles. The Morgan fingerprint density at radius 2 is 1.85 bits per heavy atom. The van der Waals surface area contributed by atoms with Crippen LogP contribution in [0, 0.1) is 6.92 Å². The fourth-order valence-electron chi connectivity index (χ4n) is 2.49. The molecule has 3 N–H and O–H groups in total. The first-order chi connectivity index (χ1) is 12.7. The fraction of sp³-hybridized carbons (Fsp3) is 0.200. The number of benzene rings is 2. The normalized spacial score (nSPS) is 11.7. The molecule has 3 rings (SSSR count). The highest BCUT2D eigenvalue weighted by Crippen LogP contribution is 2.25. The smallest absolute Gasteiger partial charge is 0.229 e. The minimum atomic E-state index is -0.615. The number of aromatic nitrogens is 2. The van der Waals surface area contributed by atoms with Crippen molar-refractivity contribution in [3.63, 3.8) is 0 Å². The summed E-state index contributed by atoms with van der Waals surface area (Å²) in [5.41, 5.74) is 2.81. The van der Waals surface area contributed by atoms with Gasteiger partial charge in [-0.3, -0.25) is 0 Å². The molecule has 0 saturated carbocycles. The molecule has 0 radical (unpaired) electrons. The van der Waals surface area contributed by atoms with Gasteiger partial charge in [-0.1, -0.05) is 42.0 Å². The molecule has 1 heterocycles. The zero-order chi connectivity index (χ0) is 18.4. The number of methoxy groups -OCH3 is 1. The van der Waals surface area contributed by atoms with Crippen LogP contribution < -0.4 is 15.4 Å². The molecule has 26 heavy (non-hydrogen) atoms. The lowest BCUT2D eigenvalue weighted by molar-refractivity contribution is 0.191.